The Bertz CT molecular complexity index is 1270. The molecule has 0 bridgehead atoms. The molecule has 2 atom stereocenters. The maximum atomic E-state index is 12.4. The summed E-state index contributed by atoms with van der Waals surface area (Å²) < 4.78 is 0. The first-order valence-electron chi connectivity index (χ1n) is 12.0. The van der Waals surface area contributed by atoms with E-state index in [1.165, 1.54) is 6.42 Å². The molecular weight excluding hydrogens is 426 g/mol. The Balaban J connectivity index is 1.30. The smallest absolute Gasteiger partial charge is 0.242 e. The van der Waals surface area contributed by atoms with Crippen molar-refractivity contribution >= 4 is 22.6 Å². The normalized spacial score (nSPS) is 16.7. The number of nitrogens with one attached hydrogen (secondary N) is 5. The summed E-state index contributed by atoms with van der Waals surface area (Å²) in [5.74, 6) is 1.48. The summed E-state index contributed by atoms with van der Waals surface area (Å²) in [5.41, 5.74) is 5.22. The van der Waals surface area contributed by atoms with Gasteiger partial charge in [0.25, 0.3) is 0 Å². The Labute approximate surface area is 199 Å². The number of carbonyl (C=O) groups excluding carboxylic acids is 1. The largest absolute Gasteiger partial charge is 0.341 e. The number of H-pyrrole nitrogens is 2. The molecule has 34 heavy (non-hydrogen) atoms. The highest BCUT2D eigenvalue weighted by Crippen LogP contribution is 2.29. The minimum Gasteiger partial charge on any atom is -0.341 e. The Hall–Kier alpha value is -3.49. The second-order valence-corrected chi connectivity index (χ2v) is 8.91. The molecule has 1 fully saturated rings. The molecule has 3 heterocycles. The lowest BCUT2D eigenvalue weighted by Crippen LogP contribution is -2.38. The maximum Gasteiger partial charge on any atom is 0.242 e. The number of fused-ring (bicyclic) bond motifs is 1. The van der Waals surface area contributed by atoms with Crippen LogP contribution in [0.3, 0.4) is 0 Å². The minimum absolute atomic E-state index is 0.0906. The summed E-state index contributed by atoms with van der Waals surface area (Å²) in [6, 6.07) is 14.6. The summed E-state index contributed by atoms with van der Waals surface area (Å²) in [4.78, 5) is 20.5. The molecule has 1 amide bonds. The Morgan fingerprint density at radius 1 is 1.15 bits per heavy atom. The van der Waals surface area contributed by atoms with Crippen LogP contribution in [0.1, 0.15) is 45.0 Å². The van der Waals surface area contributed by atoms with Gasteiger partial charge in [-0.3, -0.25) is 9.89 Å². The van der Waals surface area contributed by atoms with Crippen LogP contribution in [0.25, 0.3) is 33.3 Å². The number of aromatic amines is 2. The highest BCUT2D eigenvalue weighted by Gasteiger charge is 2.19. The van der Waals surface area contributed by atoms with Crippen LogP contribution in [0.4, 0.5) is 5.82 Å². The molecule has 176 valence electrons. The zero-order chi connectivity index (χ0) is 23.5. The zero-order valence-electron chi connectivity index (χ0n) is 19.6. The van der Waals surface area contributed by atoms with Crippen LogP contribution < -0.4 is 16.0 Å². The van der Waals surface area contributed by atoms with Gasteiger partial charge in [0.15, 0.2) is 5.82 Å². The van der Waals surface area contributed by atoms with E-state index >= 15 is 0 Å². The highest BCUT2D eigenvalue weighted by molar-refractivity contribution is 6.02. The average molecular weight is 458 g/mol. The predicted molar refractivity (Wildman–Crippen MR) is 135 cm³/mol. The third-order valence-electron chi connectivity index (χ3n) is 6.41. The van der Waals surface area contributed by atoms with Crippen molar-refractivity contribution < 1.29 is 4.79 Å². The number of anilines is 1. The predicted octanol–water partition coefficient (Wildman–Crippen LogP) is 4.37. The van der Waals surface area contributed by atoms with E-state index in [0.717, 1.165) is 65.0 Å². The first-order valence-corrected chi connectivity index (χ1v) is 12.0. The van der Waals surface area contributed by atoms with Gasteiger partial charge in [-0.05, 0) is 68.1 Å². The topological polar surface area (TPSA) is 111 Å². The molecule has 0 unspecified atom stereocenters. The molecule has 1 saturated heterocycles. The van der Waals surface area contributed by atoms with E-state index in [2.05, 4.69) is 79.4 Å². The molecule has 4 aromatic rings. The van der Waals surface area contributed by atoms with Crippen LogP contribution in [0.2, 0.25) is 0 Å². The van der Waals surface area contributed by atoms with Gasteiger partial charge in [-0.1, -0.05) is 37.3 Å². The lowest BCUT2D eigenvalue weighted by molar-refractivity contribution is -0.117. The number of carbonyl (C=O) groups is 1. The quantitative estimate of drug-likeness (QED) is 0.270. The molecule has 0 radical (unpaired) electrons. The van der Waals surface area contributed by atoms with Crippen LogP contribution in [-0.4, -0.2) is 45.2 Å². The fourth-order valence-electron chi connectivity index (χ4n) is 4.39. The third-order valence-corrected chi connectivity index (χ3v) is 6.41. The number of amides is 1. The van der Waals surface area contributed by atoms with E-state index in [1.54, 1.807) is 0 Å². The first-order chi connectivity index (χ1) is 16.6. The van der Waals surface area contributed by atoms with Crippen LogP contribution >= 0.6 is 0 Å². The van der Waals surface area contributed by atoms with Gasteiger partial charge in [0.1, 0.15) is 5.82 Å². The first kappa shape index (κ1) is 22.3. The Morgan fingerprint density at radius 2 is 1.94 bits per heavy atom. The van der Waals surface area contributed by atoms with Crippen LogP contribution in [0.5, 0.6) is 0 Å². The van der Waals surface area contributed by atoms with Gasteiger partial charge in [-0.25, -0.2) is 4.98 Å². The summed E-state index contributed by atoms with van der Waals surface area (Å²) in [7, 11) is 0. The van der Waals surface area contributed by atoms with E-state index in [0.29, 0.717) is 11.9 Å². The van der Waals surface area contributed by atoms with E-state index < -0.39 is 0 Å². The number of hydrogen-bond acceptors (Lipinski definition) is 5. The third kappa shape index (κ3) is 4.60. The van der Waals surface area contributed by atoms with Gasteiger partial charge in [0, 0.05) is 5.39 Å². The molecule has 5 N–H and O–H groups in total. The molecule has 2 aromatic carbocycles. The van der Waals surface area contributed by atoms with Crippen molar-refractivity contribution in [3.63, 3.8) is 0 Å². The van der Waals surface area contributed by atoms with Crippen molar-refractivity contribution in [2.75, 3.05) is 18.4 Å². The van der Waals surface area contributed by atoms with Crippen molar-refractivity contribution in [2.24, 2.45) is 0 Å². The lowest BCUT2D eigenvalue weighted by Gasteiger charge is -2.12. The van der Waals surface area contributed by atoms with Crippen molar-refractivity contribution in [3.05, 3.63) is 54.5 Å². The number of rotatable bonds is 8. The fraction of sp³-hybridized carbons (Fsp3) is 0.346. The zero-order valence-corrected chi connectivity index (χ0v) is 19.6. The van der Waals surface area contributed by atoms with E-state index in [1.807, 2.05) is 19.2 Å². The molecule has 1 aliphatic rings. The average Bonchev–Trinajstić information content (AvgIpc) is 3.63. The van der Waals surface area contributed by atoms with Gasteiger partial charge in [-0.15, -0.1) is 0 Å². The number of aromatic nitrogens is 4. The van der Waals surface area contributed by atoms with Crippen LogP contribution in [-0.2, 0) is 4.79 Å². The van der Waals surface area contributed by atoms with Gasteiger partial charge in [-0.2, -0.15) is 5.10 Å². The van der Waals surface area contributed by atoms with Gasteiger partial charge in [0.05, 0.1) is 29.5 Å². The van der Waals surface area contributed by atoms with Crippen molar-refractivity contribution in [2.45, 2.75) is 45.2 Å². The van der Waals surface area contributed by atoms with Crippen LogP contribution in [0, 0.1) is 0 Å². The highest BCUT2D eigenvalue weighted by atomic mass is 16.2. The molecule has 2 aromatic heterocycles. The molecular formula is C26H31N7O. The molecule has 0 spiro atoms. The fourth-order valence-corrected chi connectivity index (χ4v) is 4.39. The molecule has 5 rings (SSSR count). The second-order valence-electron chi connectivity index (χ2n) is 8.91. The number of hydrogen-bond donors (Lipinski definition) is 5. The molecule has 1 aliphatic heterocycles. The van der Waals surface area contributed by atoms with Crippen LogP contribution in [0.15, 0.2) is 48.7 Å². The van der Waals surface area contributed by atoms with E-state index in [-0.39, 0.29) is 11.9 Å². The molecule has 8 nitrogen and oxygen atoms in total. The van der Waals surface area contributed by atoms with E-state index in [4.69, 9.17) is 0 Å². The van der Waals surface area contributed by atoms with Crippen molar-refractivity contribution in [1.29, 1.82) is 0 Å². The summed E-state index contributed by atoms with van der Waals surface area (Å²) in [6.45, 7) is 5.79. The second kappa shape index (κ2) is 9.79. The summed E-state index contributed by atoms with van der Waals surface area (Å²) in [6.07, 6.45) is 5.21. The summed E-state index contributed by atoms with van der Waals surface area (Å²) >= 11 is 0. The molecule has 8 heteroatoms. The molecule has 0 saturated carbocycles. The monoisotopic (exact) mass is 457 g/mol. The SMILES string of the molecule is CCCN[C@@H](C)C(=O)Nc1n[nH]c2cc(-c3ccc(-c4cnc([C@@H]5CCCN5)[nH]4)cc3)ccc12. The van der Waals surface area contributed by atoms with Crippen molar-refractivity contribution in [1.82, 2.24) is 30.8 Å². The van der Waals surface area contributed by atoms with Gasteiger partial charge >= 0.3 is 0 Å². The summed E-state index contributed by atoms with van der Waals surface area (Å²) in [5, 5.41) is 17.9. The minimum atomic E-state index is -0.273. The standard InChI is InChI=1S/C26H31N7O/c1-3-12-27-16(2)26(34)31-24-20-11-10-19(14-22(20)32-33-24)17-6-8-18(9-7-17)23-15-29-25(30-23)21-5-4-13-28-21/h6-11,14-16,21,27-28H,3-5,12-13H2,1-2H3,(H,29,30)(H2,31,32,33,34)/t16-,21-/m0/s1. The molecule has 0 aliphatic carbocycles. The maximum absolute atomic E-state index is 12.4. The Kier molecular flexibility index (Phi) is 6.42. The lowest BCUT2D eigenvalue weighted by atomic mass is 10.0. The van der Waals surface area contributed by atoms with Crippen molar-refractivity contribution in [3.8, 4) is 22.4 Å². The Morgan fingerprint density at radius 3 is 2.71 bits per heavy atom. The number of nitrogens with zero attached hydrogens (tertiary/aromatic N) is 2. The number of benzene rings is 2. The van der Waals surface area contributed by atoms with Gasteiger partial charge in [0.2, 0.25) is 5.91 Å². The van der Waals surface area contributed by atoms with E-state index in [9.17, 15) is 4.79 Å². The van der Waals surface area contributed by atoms with Gasteiger partial charge < -0.3 is 20.9 Å². The number of imidazole rings is 1.